The Balaban J connectivity index is 2.14. The van der Waals surface area contributed by atoms with Gasteiger partial charge in [-0.25, -0.2) is 12.8 Å². The largest absolute Gasteiger partial charge is 0.496 e. The molecule has 0 unspecified atom stereocenters. The molecule has 0 aliphatic rings. The number of halogens is 1. The van der Waals surface area contributed by atoms with Crippen molar-refractivity contribution in [3.63, 3.8) is 0 Å². The quantitative estimate of drug-likeness (QED) is 0.626. The van der Waals surface area contributed by atoms with Gasteiger partial charge in [0.15, 0.2) is 0 Å². The van der Waals surface area contributed by atoms with Crippen LogP contribution in [0.1, 0.15) is 11.1 Å². The minimum absolute atomic E-state index is 0.0544. The van der Waals surface area contributed by atoms with Crippen molar-refractivity contribution in [1.29, 1.82) is 0 Å². The summed E-state index contributed by atoms with van der Waals surface area (Å²) < 4.78 is 47.3. The van der Waals surface area contributed by atoms with Gasteiger partial charge in [-0.3, -0.25) is 4.31 Å². The zero-order chi connectivity index (χ0) is 19.4. The van der Waals surface area contributed by atoms with E-state index in [-0.39, 0.29) is 11.4 Å². The van der Waals surface area contributed by atoms with E-state index in [0.29, 0.717) is 22.6 Å². The minimum atomic E-state index is -3.99. The maximum atomic E-state index is 13.8. The summed E-state index contributed by atoms with van der Waals surface area (Å²) in [6.45, 7) is 1.71. The normalized spacial score (nSPS) is 11.2. The van der Waals surface area contributed by atoms with E-state index in [0.717, 1.165) is 6.07 Å². The van der Waals surface area contributed by atoms with Crippen molar-refractivity contribution in [2.24, 2.45) is 0 Å². The molecule has 27 heavy (non-hydrogen) atoms. The number of hydrogen-bond donors (Lipinski definition) is 0. The van der Waals surface area contributed by atoms with Gasteiger partial charge in [-0.05, 0) is 42.8 Å². The number of methoxy groups -OCH3 is 1. The highest BCUT2D eigenvalue weighted by Crippen LogP contribution is 2.30. The zero-order valence-electron chi connectivity index (χ0n) is 15.1. The molecule has 3 aromatic rings. The summed E-state index contributed by atoms with van der Waals surface area (Å²) >= 11 is 0. The first kappa shape index (κ1) is 18.9. The molecule has 3 aromatic carbocycles. The molecule has 0 atom stereocenters. The molecule has 4 nitrogen and oxygen atoms in total. The van der Waals surface area contributed by atoms with Crippen LogP contribution in [0.2, 0.25) is 0 Å². The Bertz CT molecular complexity index is 1040. The lowest BCUT2D eigenvalue weighted by Crippen LogP contribution is -2.31. The first-order chi connectivity index (χ1) is 12.9. The minimum Gasteiger partial charge on any atom is -0.496 e. The van der Waals surface area contributed by atoms with Crippen molar-refractivity contribution in [2.45, 2.75) is 18.4 Å². The molecular formula is C21H20FNO3S. The van der Waals surface area contributed by atoms with Crippen molar-refractivity contribution in [3.05, 3.63) is 89.7 Å². The predicted octanol–water partition coefficient (Wildman–Crippen LogP) is 4.54. The van der Waals surface area contributed by atoms with Crippen molar-refractivity contribution in [2.75, 3.05) is 11.4 Å². The van der Waals surface area contributed by atoms with Crippen molar-refractivity contribution < 1.29 is 17.5 Å². The van der Waals surface area contributed by atoms with Crippen molar-refractivity contribution >= 4 is 15.7 Å². The molecule has 0 aliphatic carbocycles. The van der Waals surface area contributed by atoms with Gasteiger partial charge in [0.2, 0.25) is 0 Å². The Kier molecular flexibility index (Phi) is 5.46. The molecule has 0 aliphatic heterocycles. The molecular weight excluding hydrogens is 365 g/mol. The summed E-state index contributed by atoms with van der Waals surface area (Å²) in [4.78, 5) is -0.0544. The van der Waals surface area contributed by atoms with Gasteiger partial charge in [-0.15, -0.1) is 0 Å². The lowest BCUT2D eigenvalue weighted by atomic mass is 10.2. The zero-order valence-corrected chi connectivity index (χ0v) is 15.9. The van der Waals surface area contributed by atoms with Crippen LogP contribution in [0, 0.1) is 12.7 Å². The fourth-order valence-corrected chi connectivity index (χ4v) is 4.55. The van der Waals surface area contributed by atoms with Crippen LogP contribution in [0.25, 0.3) is 0 Å². The Morgan fingerprint density at radius 2 is 1.63 bits per heavy atom. The summed E-state index contributed by atoms with van der Waals surface area (Å²) in [7, 11) is -2.45. The van der Waals surface area contributed by atoms with Gasteiger partial charge in [0, 0.05) is 5.56 Å². The maximum Gasteiger partial charge on any atom is 0.264 e. The van der Waals surface area contributed by atoms with Crippen LogP contribution in [0.15, 0.2) is 77.7 Å². The van der Waals surface area contributed by atoms with Crippen molar-refractivity contribution in [3.8, 4) is 5.75 Å². The van der Waals surface area contributed by atoms with Crippen LogP contribution in [0.3, 0.4) is 0 Å². The number of sulfonamides is 1. The molecule has 0 aromatic heterocycles. The molecule has 0 bridgehead atoms. The second kappa shape index (κ2) is 7.80. The summed E-state index contributed by atoms with van der Waals surface area (Å²) in [5.41, 5.74) is 1.69. The van der Waals surface area contributed by atoms with E-state index in [9.17, 15) is 12.8 Å². The molecule has 0 amide bonds. The van der Waals surface area contributed by atoms with Gasteiger partial charge in [0.05, 0.1) is 24.2 Å². The summed E-state index contributed by atoms with van der Waals surface area (Å²) in [5.74, 6) is -0.00549. The number of aryl methyl sites for hydroxylation is 1. The van der Waals surface area contributed by atoms with Gasteiger partial charge >= 0.3 is 0 Å². The molecule has 3 rings (SSSR count). The summed E-state index contributed by atoms with van der Waals surface area (Å²) in [5, 5.41) is 0. The number of nitrogens with zero attached hydrogens (tertiary/aromatic N) is 1. The fourth-order valence-electron chi connectivity index (χ4n) is 2.87. The van der Waals surface area contributed by atoms with Gasteiger partial charge in [-0.1, -0.05) is 42.5 Å². The van der Waals surface area contributed by atoms with Crippen molar-refractivity contribution in [1.82, 2.24) is 0 Å². The Morgan fingerprint density at radius 3 is 2.33 bits per heavy atom. The first-order valence-corrected chi connectivity index (χ1v) is 9.83. The first-order valence-electron chi connectivity index (χ1n) is 8.39. The number of ether oxygens (including phenoxy) is 1. The van der Waals surface area contributed by atoms with E-state index in [4.69, 9.17) is 4.74 Å². The average Bonchev–Trinajstić information content (AvgIpc) is 2.68. The third kappa shape index (κ3) is 3.95. The summed E-state index contributed by atoms with van der Waals surface area (Å²) in [6, 6.07) is 19.8. The molecule has 0 heterocycles. The van der Waals surface area contributed by atoms with Crippen LogP contribution in [-0.2, 0) is 16.6 Å². The second-order valence-corrected chi connectivity index (χ2v) is 7.90. The number of rotatable bonds is 6. The van der Waals surface area contributed by atoms with Gasteiger partial charge in [0.1, 0.15) is 11.6 Å². The van der Waals surface area contributed by atoms with Gasteiger partial charge < -0.3 is 4.74 Å². The number of benzene rings is 3. The molecule has 6 heteroatoms. The van der Waals surface area contributed by atoms with Crippen LogP contribution in [0.5, 0.6) is 5.75 Å². The highest BCUT2D eigenvalue weighted by atomic mass is 32.2. The molecule has 0 radical (unpaired) electrons. The number of hydrogen-bond acceptors (Lipinski definition) is 3. The Morgan fingerprint density at radius 1 is 0.963 bits per heavy atom. The lowest BCUT2D eigenvalue weighted by Gasteiger charge is -2.26. The molecule has 0 N–H and O–H groups in total. The predicted molar refractivity (Wildman–Crippen MR) is 104 cm³/mol. The van der Waals surface area contributed by atoms with E-state index < -0.39 is 15.8 Å². The topological polar surface area (TPSA) is 46.6 Å². The number of anilines is 1. The van der Waals surface area contributed by atoms with E-state index >= 15 is 0 Å². The molecule has 0 saturated heterocycles. The number of para-hydroxylation sites is 2. The van der Waals surface area contributed by atoms with Crippen LogP contribution >= 0.6 is 0 Å². The Hall–Kier alpha value is -2.86. The maximum absolute atomic E-state index is 13.8. The molecule has 140 valence electrons. The Labute approximate surface area is 158 Å². The van der Waals surface area contributed by atoms with Crippen LogP contribution < -0.4 is 9.04 Å². The monoisotopic (exact) mass is 385 g/mol. The third-order valence-corrected chi connectivity index (χ3v) is 6.18. The SMILES string of the molecule is COc1ccccc1CN(c1ccccc1)S(=O)(=O)c1cc(F)ccc1C. The van der Waals surface area contributed by atoms with E-state index in [2.05, 4.69) is 0 Å². The molecule has 0 spiro atoms. The molecule has 0 saturated carbocycles. The highest BCUT2D eigenvalue weighted by molar-refractivity contribution is 7.92. The summed E-state index contributed by atoms with van der Waals surface area (Å²) in [6.07, 6.45) is 0. The second-order valence-electron chi connectivity index (χ2n) is 6.07. The van der Waals surface area contributed by atoms with E-state index in [1.54, 1.807) is 37.3 Å². The molecule has 0 fully saturated rings. The van der Waals surface area contributed by atoms with Crippen LogP contribution in [0.4, 0.5) is 10.1 Å². The van der Waals surface area contributed by atoms with Crippen LogP contribution in [-0.4, -0.2) is 15.5 Å². The lowest BCUT2D eigenvalue weighted by molar-refractivity contribution is 0.410. The van der Waals surface area contributed by atoms with E-state index in [1.807, 2.05) is 24.3 Å². The van der Waals surface area contributed by atoms with E-state index in [1.165, 1.54) is 23.5 Å². The smallest absolute Gasteiger partial charge is 0.264 e. The third-order valence-electron chi connectivity index (χ3n) is 4.27. The van der Waals surface area contributed by atoms with Gasteiger partial charge in [-0.2, -0.15) is 0 Å². The van der Waals surface area contributed by atoms with Gasteiger partial charge in [0.25, 0.3) is 10.0 Å². The highest BCUT2D eigenvalue weighted by Gasteiger charge is 2.28. The average molecular weight is 385 g/mol. The standard InChI is InChI=1S/C21H20FNO3S/c1-16-12-13-18(22)14-21(16)27(24,25)23(19-9-4-3-5-10-19)15-17-8-6-7-11-20(17)26-2/h3-14H,15H2,1-2H3. The fraction of sp³-hybridized carbons (Fsp3) is 0.143.